The number of fused-ring (bicyclic) bond motifs is 1. The number of carbonyl (C=O) groups excluding carboxylic acids is 3. The molecule has 3 nitrogen and oxygen atoms in total. The number of rotatable bonds is 3. The highest BCUT2D eigenvalue weighted by Crippen LogP contribution is 2.31. The van der Waals surface area contributed by atoms with E-state index in [4.69, 9.17) is 0 Å². The fourth-order valence-corrected chi connectivity index (χ4v) is 2.60. The maximum atomic E-state index is 12.3. The summed E-state index contributed by atoms with van der Waals surface area (Å²) in [6.45, 7) is 3.38. The van der Waals surface area contributed by atoms with Gasteiger partial charge in [0, 0.05) is 29.9 Å². The van der Waals surface area contributed by atoms with Crippen molar-refractivity contribution < 1.29 is 14.4 Å². The molecule has 0 N–H and O–H groups in total. The summed E-state index contributed by atoms with van der Waals surface area (Å²) in [7, 11) is 0. The first-order chi connectivity index (χ1) is 8.50. The van der Waals surface area contributed by atoms with Crippen LogP contribution in [0.4, 0.5) is 0 Å². The molecule has 2 unspecified atom stereocenters. The summed E-state index contributed by atoms with van der Waals surface area (Å²) >= 11 is 0. The van der Waals surface area contributed by atoms with E-state index in [2.05, 4.69) is 0 Å². The first-order valence-electron chi connectivity index (χ1n) is 6.16. The Kier molecular flexibility index (Phi) is 3.41. The van der Waals surface area contributed by atoms with Crippen molar-refractivity contribution in [3.63, 3.8) is 0 Å². The lowest BCUT2D eigenvalue weighted by atomic mass is 9.75. The molecule has 0 aliphatic heterocycles. The lowest BCUT2D eigenvalue weighted by Gasteiger charge is -2.26. The van der Waals surface area contributed by atoms with Crippen molar-refractivity contribution in [3.05, 3.63) is 35.4 Å². The van der Waals surface area contributed by atoms with Crippen molar-refractivity contribution in [3.8, 4) is 0 Å². The lowest BCUT2D eigenvalue weighted by molar-refractivity contribution is -0.118. The molecule has 2 rings (SSSR count). The van der Waals surface area contributed by atoms with Crippen LogP contribution in [-0.4, -0.2) is 17.3 Å². The normalized spacial score (nSPS) is 20.4. The zero-order valence-corrected chi connectivity index (χ0v) is 10.6. The molecule has 1 aliphatic rings. The summed E-state index contributed by atoms with van der Waals surface area (Å²) in [6, 6.07) is 6.93. The Morgan fingerprint density at radius 2 is 1.89 bits per heavy atom. The van der Waals surface area contributed by atoms with Gasteiger partial charge in [0.2, 0.25) is 0 Å². The highest BCUT2D eigenvalue weighted by molar-refractivity contribution is 6.15. The van der Waals surface area contributed by atoms with Gasteiger partial charge in [-0.3, -0.25) is 9.59 Å². The topological polar surface area (TPSA) is 51.2 Å². The van der Waals surface area contributed by atoms with Gasteiger partial charge in [-0.25, -0.2) is 0 Å². The number of carbonyl (C=O) groups is 3. The second-order valence-electron chi connectivity index (χ2n) is 5.03. The molecule has 1 aliphatic carbocycles. The number of hydrogen-bond donors (Lipinski definition) is 0. The Hall–Kier alpha value is -1.77. The Morgan fingerprint density at radius 3 is 2.50 bits per heavy atom. The van der Waals surface area contributed by atoms with E-state index in [9.17, 15) is 14.4 Å². The van der Waals surface area contributed by atoms with Crippen LogP contribution in [0.1, 0.15) is 47.4 Å². The molecule has 3 heteroatoms. The average Bonchev–Trinajstić information content (AvgIpc) is 2.33. The van der Waals surface area contributed by atoms with Crippen LogP contribution in [0.3, 0.4) is 0 Å². The summed E-state index contributed by atoms with van der Waals surface area (Å²) in [5, 5.41) is 0. The van der Waals surface area contributed by atoms with Crippen LogP contribution in [0, 0.1) is 11.8 Å². The second kappa shape index (κ2) is 4.84. The van der Waals surface area contributed by atoms with Gasteiger partial charge in [-0.1, -0.05) is 31.2 Å². The molecule has 1 aromatic carbocycles. The largest absolute Gasteiger partial charge is 0.300 e. The van der Waals surface area contributed by atoms with E-state index in [-0.39, 0.29) is 35.6 Å². The number of ketones is 3. The molecule has 0 aromatic heterocycles. The zero-order valence-electron chi connectivity index (χ0n) is 10.6. The van der Waals surface area contributed by atoms with Gasteiger partial charge in [-0.15, -0.1) is 0 Å². The molecule has 0 fully saturated rings. The van der Waals surface area contributed by atoms with E-state index < -0.39 is 0 Å². The summed E-state index contributed by atoms with van der Waals surface area (Å²) in [5.74, 6) is -0.366. The molecule has 2 atom stereocenters. The molecule has 0 saturated carbocycles. The van der Waals surface area contributed by atoms with Crippen molar-refractivity contribution in [2.45, 2.75) is 26.7 Å². The quantitative estimate of drug-likeness (QED) is 0.821. The van der Waals surface area contributed by atoms with Gasteiger partial charge in [0.1, 0.15) is 5.78 Å². The number of benzene rings is 1. The molecular formula is C15H16O3. The van der Waals surface area contributed by atoms with Crippen molar-refractivity contribution in [1.82, 2.24) is 0 Å². The van der Waals surface area contributed by atoms with Crippen LogP contribution in [0.15, 0.2) is 24.3 Å². The first kappa shape index (κ1) is 12.7. The van der Waals surface area contributed by atoms with E-state index in [1.54, 1.807) is 24.3 Å². The van der Waals surface area contributed by atoms with E-state index in [0.29, 0.717) is 17.5 Å². The second-order valence-corrected chi connectivity index (χ2v) is 5.03. The molecule has 0 amide bonds. The highest BCUT2D eigenvalue weighted by atomic mass is 16.1. The van der Waals surface area contributed by atoms with Crippen molar-refractivity contribution in [1.29, 1.82) is 0 Å². The first-order valence-corrected chi connectivity index (χ1v) is 6.16. The number of hydrogen-bond acceptors (Lipinski definition) is 3. The van der Waals surface area contributed by atoms with E-state index in [1.165, 1.54) is 6.92 Å². The highest BCUT2D eigenvalue weighted by Gasteiger charge is 2.35. The standard InChI is InChI=1S/C15H16O3/c1-9(7-10(2)16)13-8-14(17)11-5-3-4-6-12(11)15(13)18/h3-6,9,13H,7-8H2,1-2H3. The van der Waals surface area contributed by atoms with Crippen LogP contribution >= 0.6 is 0 Å². The Labute approximate surface area is 106 Å². The van der Waals surface area contributed by atoms with Gasteiger partial charge in [0.15, 0.2) is 11.6 Å². The minimum Gasteiger partial charge on any atom is -0.300 e. The van der Waals surface area contributed by atoms with Gasteiger partial charge < -0.3 is 4.79 Å². The summed E-state index contributed by atoms with van der Waals surface area (Å²) in [6.07, 6.45) is 0.580. The Morgan fingerprint density at radius 1 is 1.28 bits per heavy atom. The van der Waals surface area contributed by atoms with E-state index in [0.717, 1.165) is 0 Å². The third kappa shape index (κ3) is 2.26. The van der Waals surface area contributed by atoms with E-state index in [1.807, 2.05) is 6.92 Å². The van der Waals surface area contributed by atoms with Crippen LogP contribution in [0.2, 0.25) is 0 Å². The fraction of sp³-hybridized carbons (Fsp3) is 0.400. The fourth-order valence-electron chi connectivity index (χ4n) is 2.60. The molecule has 0 saturated heterocycles. The van der Waals surface area contributed by atoms with Gasteiger partial charge in [0.05, 0.1) is 0 Å². The van der Waals surface area contributed by atoms with Crippen molar-refractivity contribution in [2.24, 2.45) is 11.8 Å². The molecule has 94 valence electrons. The maximum Gasteiger partial charge on any atom is 0.167 e. The van der Waals surface area contributed by atoms with Gasteiger partial charge >= 0.3 is 0 Å². The number of Topliss-reactive ketones (excluding diaryl/α,β-unsaturated/α-hetero) is 3. The van der Waals surface area contributed by atoms with Gasteiger partial charge in [-0.05, 0) is 12.8 Å². The lowest BCUT2D eigenvalue weighted by Crippen LogP contribution is -2.32. The SMILES string of the molecule is CC(=O)CC(C)C1CC(=O)c2ccccc2C1=O. The van der Waals surface area contributed by atoms with Crippen LogP contribution in [0.25, 0.3) is 0 Å². The smallest absolute Gasteiger partial charge is 0.167 e. The van der Waals surface area contributed by atoms with Crippen LogP contribution < -0.4 is 0 Å². The average molecular weight is 244 g/mol. The molecule has 18 heavy (non-hydrogen) atoms. The molecule has 1 aromatic rings. The van der Waals surface area contributed by atoms with Gasteiger partial charge in [0.25, 0.3) is 0 Å². The summed E-state index contributed by atoms with van der Waals surface area (Å²) in [5.41, 5.74) is 1.03. The molecular weight excluding hydrogens is 228 g/mol. The maximum absolute atomic E-state index is 12.3. The predicted octanol–water partition coefficient (Wildman–Crippen LogP) is 2.69. The monoisotopic (exact) mass is 244 g/mol. The minimum atomic E-state index is -0.351. The zero-order chi connectivity index (χ0) is 13.3. The van der Waals surface area contributed by atoms with Crippen molar-refractivity contribution >= 4 is 17.3 Å². The predicted molar refractivity (Wildman–Crippen MR) is 67.7 cm³/mol. The third-order valence-corrected chi connectivity index (χ3v) is 3.53. The third-order valence-electron chi connectivity index (χ3n) is 3.53. The molecule has 0 bridgehead atoms. The van der Waals surface area contributed by atoms with Gasteiger partial charge in [-0.2, -0.15) is 0 Å². The molecule has 0 radical (unpaired) electrons. The van der Waals surface area contributed by atoms with E-state index >= 15 is 0 Å². The van der Waals surface area contributed by atoms with Crippen molar-refractivity contribution in [2.75, 3.05) is 0 Å². The van der Waals surface area contributed by atoms with Crippen LogP contribution in [-0.2, 0) is 4.79 Å². The Balaban J connectivity index is 2.31. The minimum absolute atomic E-state index is 0.000972. The summed E-state index contributed by atoms with van der Waals surface area (Å²) in [4.78, 5) is 35.5. The Bertz CT molecular complexity index is 516. The van der Waals surface area contributed by atoms with Crippen LogP contribution in [0.5, 0.6) is 0 Å². The molecule has 0 heterocycles. The summed E-state index contributed by atoms with van der Waals surface area (Å²) < 4.78 is 0. The molecule has 0 spiro atoms.